The summed E-state index contributed by atoms with van der Waals surface area (Å²) < 4.78 is 0. The number of allylic oxidation sites excluding steroid dienone is 1. The quantitative estimate of drug-likeness (QED) is 0.787. The van der Waals surface area contributed by atoms with E-state index in [1.54, 1.807) is 0 Å². The molecule has 1 aromatic carbocycles. The lowest BCUT2D eigenvalue weighted by molar-refractivity contribution is 0.581. The van der Waals surface area contributed by atoms with Crippen LogP contribution in [0.2, 0.25) is 0 Å². The molecule has 1 nitrogen and oxygen atoms in total. The van der Waals surface area contributed by atoms with Gasteiger partial charge in [0, 0.05) is 6.04 Å². The molecule has 0 aromatic heterocycles. The molecule has 1 aliphatic rings. The third-order valence-corrected chi connectivity index (χ3v) is 3.89. The Morgan fingerprint density at radius 3 is 2.61 bits per heavy atom. The van der Waals surface area contributed by atoms with Crippen LogP contribution >= 0.6 is 0 Å². The minimum absolute atomic E-state index is 0.267. The third kappa shape index (κ3) is 4.30. The first-order chi connectivity index (χ1) is 8.86. The molecule has 18 heavy (non-hydrogen) atoms. The van der Waals surface area contributed by atoms with Gasteiger partial charge in [0.05, 0.1) is 0 Å². The van der Waals surface area contributed by atoms with E-state index in [0.29, 0.717) is 0 Å². The van der Waals surface area contributed by atoms with Crippen molar-refractivity contribution in [1.29, 1.82) is 0 Å². The van der Waals surface area contributed by atoms with Crippen LogP contribution in [0.1, 0.15) is 50.5 Å². The van der Waals surface area contributed by atoms with Gasteiger partial charge in [0.1, 0.15) is 0 Å². The highest BCUT2D eigenvalue weighted by molar-refractivity contribution is 5.17. The summed E-state index contributed by atoms with van der Waals surface area (Å²) in [6.45, 7) is 0. The van der Waals surface area contributed by atoms with Crippen molar-refractivity contribution in [3.63, 3.8) is 0 Å². The van der Waals surface area contributed by atoms with Gasteiger partial charge >= 0.3 is 0 Å². The van der Waals surface area contributed by atoms with E-state index in [0.717, 1.165) is 12.8 Å². The number of nitrogens with two attached hydrogens (primary N) is 1. The van der Waals surface area contributed by atoms with Crippen LogP contribution in [0, 0.1) is 0 Å². The van der Waals surface area contributed by atoms with E-state index < -0.39 is 0 Å². The SMILES string of the molecule is NC(CCc1ccccc1)/C1=C/CCCCCC1. The molecular formula is C17H25N. The molecule has 2 rings (SSSR count). The van der Waals surface area contributed by atoms with Crippen molar-refractivity contribution in [2.24, 2.45) is 5.73 Å². The molecule has 0 spiro atoms. The van der Waals surface area contributed by atoms with E-state index in [4.69, 9.17) is 5.73 Å². The summed E-state index contributed by atoms with van der Waals surface area (Å²) in [5.41, 5.74) is 9.26. The monoisotopic (exact) mass is 243 g/mol. The molecule has 0 fully saturated rings. The lowest BCUT2D eigenvalue weighted by Gasteiger charge is -2.18. The molecule has 98 valence electrons. The summed E-state index contributed by atoms with van der Waals surface area (Å²) in [7, 11) is 0. The summed E-state index contributed by atoms with van der Waals surface area (Å²) in [5, 5.41) is 0. The molecule has 0 heterocycles. The smallest absolute Gasteiger partial charge is 0.0256 e. The largest absolute Gasteiger partial charge is 0.324 e. The Labute approximate surface area is 111 Å². The Morgan fingerprint density at radius 1 is 1.00 bits per heavy atom. The predicted molar refractivity (Wildman–Crippen MR) is 78.5 cm³/mol. The maximum absolute atomic E-state index is 6.35. The van der Waals surface area contributed by atoms with Gasteiger partial charge in [-0.25, -0.2) is 0 Å². The van der Waals surface area contributed by atoms with Crippen LogP contribution in [-0.4, -0.2) is 6.04 Å². The lowest BCUT2D eigenvalue weighted by atomic mass is 9.92. The van der Waals surface area contributed by atoms with Gasteiger partial charge in [-0.3, -0.25) is 0 Å². The Kier molecular flexibility index (Phi) is 5.47. The van der Waals surface area contributed by atoms with Gasteiger partial charge in [0.15, 0.2) is 0 Å². The summed E-state index contributed by atoms with van der Waals surface area (Å²) in [6, 6.07) is 10.9. The second-order valence-corrected chi connectivity index (χ2v) is 5.36. The standard InChI is InChI=1S/C17H25N/c18-17(14-13-15-9-5-4-6-10-15)16-11-7-2-1-3-8-12-16/h4-6,9-11,17H,1-3,7-8,12-14,18H2/b16-11+. The number of aryl methyl sites for hydroxylation is 1. The maximum atomic E-state index is 6.35. The van der Waals surface area contributed by atoms with Gasteiger partial charge in [-0.1, -0.05) is 54.8 Å². The lowest BCUT2D eigenvalue weighted by Crippen LogP contribution is -2.24. The fourth-order valence-corrected chi connectivity index (χ4v) is 2.71. The van der Waals surface area contributed by atoms with Crippen molar-refractivity contribution >= 4 is 0 Å². The molecule has 1 aromatic rings. The van der Waals surface area contributed by atoms with Crippen LogP contribution in [0.4, 0.5) is 0 Å². The fourth-order valence-electron chi connectivity index (χ4n) is 2.71. The van der Waals surface area contributed by atoms with E-state index in [1.807, 2.05) is 0 Å². The van der Waals surface area contributed by atoms with Gasteiger partial charge < -0.3 is 5.73 Å². The van der Waals surface area contributed by atoms with Crippen LogP contribution < -0.4 is 5.73 Å². The van der Waals surface area contributed by atoms with Crippen molar-refractivity contribution in [3.8, 4) is 0 Å². The predicted octanol–water partition coefficient (Wildman–Crippen LogP) is 4.23. The van der Waals surface area contributed by atoms with Gasteiger partial charge in [0.25, 0.3) is 0 Å². The Hall–Kier alpha value is -1.08. The van der Waals surface area contributed by atoms with Gasteiger partial charge in [0.2, 0.25) is 0 Å². The van der Waals surface area contributed by atoms with Crippen LogP contribution in [0.5, 0.6) is 0 Å². The zero-order valence-electron chi connectivity index (χ0n) is 11.3. The van der Waals surface area contributed by atoms with Crippen molar-refractivity contribution in [1.82, 2.24) is 0 Å². The first-order valence-corrected chi connectivity index (χ1v) is 7.34. The van der Waals surface area contributed by atoms with E-state index in [1.165, 1.54) is 49.7 Å². The van der Waals surface area contributed by atoms with Gasteiger partial charge in [-0.15, -0.1) is 0 Å². The highest BCUT2D eigenvalue weighted by Gasteiger charge is 2.10. The molecule has 1 unspecified atom stereocenters. The molecule has 2 N–H and O–H groups in total. The summed E-state index contributed by atoms with van der Waals surface area (Å²) in [6.07, 6.45) is 12.5. The highest BCUT2D eigenvalue weighted by Crippen LogP contribution is 2.20. The van der Waals surface area contributed by atoms with Crippen LogP contribution in [-0.2, 0) is 6.42 Å². The normalized spacial score (nSPS) is 21.5. The molecule has 0 amide bonds. The Bertz CT molecular complexity index is 366. The van der Waals surface area contributed by atoms with E-state index >= 15 is 0 Å². The minimum Gasteiger partial charge on any atom is -0.324 e. The maximum Gasteiger partial charge on any atom is 0.0256 e. The second kappa shape index (κ2) is 7.38. The number of hydrogen-bond acceptors (Lipinski definition) is 1. The molecule has 1 heteroatoms. The van der Waals surface area contributed by atoms with Gasteiger partial charge in [-0.2, -0.15) is 0 Å². The zero-order valence-corrected chi connectivity index (χ0v) is 11.3. The summed E-state index contributed by atoms with van der Waals surface area (Å²) in [4.78, 5) is 0. The fraction of sp³-hybridized carbons (Fsp3) is 0.529. The first kappa shape index (κ1) is 13.4. The van der Waals surface area contributed by atoms with Crippen molar-refractivity contribution in [2.75, 3.05) is 0 Å². The highest BCUT2D eigenvalue weighted by atomic mass is 14.6. The molecular weight excluding hydrogens is 218 g/mol. The molecule has 1 atom stereocenters. The van der Waals surface area contributed by atoms with Crippen LogP contribution in [0.3, 0.4) is 0 Å². The number of rotatable bonds is 4. The van der Waals surface area contributed by atoms with Gasteiger partial charge in [-0.05, 0) is 44.1 Å². The average molecular weight is 243 g/mol. The third-order valence-electron chi connectivity index (χ3n) is 3.89. The minimum atomic E-state index is 0.267. The summed E-state index contributed by atoms with van der Waals surface area (Å²) >= 11 is 0. The molecule has 0 saturated carbocycles. The molecule has 0 bridgehead atoms. The van der Waals surface area contributed by atoms with E-state index in [9.17, 15) is 0 Å². The molecule has 0 aliphatic heterocycles. The summed E-state index contributed by atoms with van der Waals surface area (Å²) in [5.74, 6) is 0. The van der Waals surface area contributed by atoms with Crippen molar-refractivity contribution in [3.05, 3.63) is 47.5 Å². The average Bonchev–Trinajstić information content (AvgIpc) is 2.37. The van der Waals surface area contributed by atoms with E-state index in [2.05, 4.69) is 36.4 Å². The Balaban J connectivity index is 1.84. The molecule has 0 radical (unpaired) electrons. The van der Waals surface area contributed by atoms with Crippen LogP contribution in [0.25, 0.3) is 0 Å². The Morgan fingerprint density at radius 2 is 1.78 bits per heavy atom. The topological polar surface area (TPSA) is 26.0 Å². The van der Waals surface area contributed by atoms with E-state index in [-0.39, 0.29) is 6.04 Å². The molecule has 1 aliphatic carbocycles. The number of hydrogen-bond donors (Lipinski definition) is 1. The van der Waals surface area contributed by atoms with Crippen molar-refractivity contribution < 1.29 is 0 Å². The van der Waals surface area contributed by atoms with Crippen molar-refractivity contribution in [2.45, 2.75) is 57.4 Å². The first-order valence-electron chi connectivity index (χ1n) is 7.34. The van der Waals surface area contributed by atoms with Crippen LogP contribution in [0.15, 0.2) is 42.0 Å². The second-order valence-electron chi connectivity index (χ2n) is 5.36. The molecule has 0 saturated heterocycles. The zero-order chi connectivity index (χ0) is 12.6. The number of benzene rings is 1.